The Morgan fingerprint density at radius 2 is 0.946 bits per heavy atom. The highest BCUT2D eigenvalue weighted by Crippen LogP contribution is 2.45. The number of benzene rings is 1. The second kappa shape index (κ2) is 13.5. The van der Waals surface area contributed by atoms with Gasteiger partial charge in [-0.25, -0.2) is 0 Å². The van der Waals surface area contributed by atoms with Crippen LogP contribution in [0.3, 0.4) is 0 Å². The van der Waals surface area contributed by atoms with Gasteiger partial charge in [-0.3, -0.25) is 9.98 Å². The first-order valence-electron chi connectivity index (χ1n) is 14.1. The van der Waals surface area contributed by atoms with Crippen LogP contribution >= 0.6 is 45.3 Å². The molecule has 5 rings (SSSR count). The number of hydrogen-bond donors (Lipinski definition) is 0. The summed E-state index contributed by atoms with van der Waals surface area (Å²) in [7, 11) is 0. The van der Waals surface area contributed by atoms with Crippen molar-refractivity contribution in [1.82, 2.24) is 0 Å². The van der Waals surface area contributed by atoms with Gasteiger partial charge in [-0.1, -0.05) is 71.6 Å². The first-order chi connectivity index (χ1) is 18.3. The summed E-state index contributed by atoms with van der Waals surface area (Å²) in [5, 5.41) is 2.82. The molecule has 0 unspecified atom stereocenters. The Balaban J connectivity index is 1.25. The van der Waals surface area contributed by atoms with Crippen LogP contribution < -0.4 is 0 Å². The Morgan fingerprint density at radius 3 is 1.41 bits per heavy atom. The third kappa shape index (κ3) is 6.70. The Morgan fingerprint density at radius 1 is 0.514 bits per heavy atom. The molecule has 4 heterocycles. The Bertz CT molecular complexity index is 1490. The molecular weight excluding hydrogens is 529 g/mol. The molecule has 0 N–H and O–H groups in total. The second-order valence-corrected chi connectivity index (χ2v) is 14.3. The lowest BCUT2D eigenvalue weighted by Gasteiger charge is -1.97. The molecule has 0 radical (unpaired) electrons. The van der Waals surface area contributed by atoms with E-state index in [1.54, 1.807) is 0 Å². The maximum Gasteiger partial charge on any atom is 0.0536 e. The third-order valence-corrected chi connectivity index (χ3v) is 11.6. The van der Waals surface area contributed by atoms with E-state index in [1.807, 2.05) is 45.3 Å². The van der Waals surface area contributed by atoms with Gasteiger partial charge in [0.25, 0.3) is 0 Å². The molecule has 6 heteroatoms. The summed E-state index contributed by atoms with van der Waals surface area (Å²) in [6, 6.07) is 9.52. The molecule has 0 spiro atoms. The monoisotopic (exact) mass is 566 g/mol. The van der Waals surface area contributed by atoms with E-state index in [0.29, 0.717) is 0 Å². The summed E-state index contributed by atoms with van der Waals surface area (Å²) in [4.78, 5) is 12.0. The van der Waals surface area contributed by atoms with Crippen LogP contribution in [0.4, 0.5) is 0 Å². The van der Waals surface area contributed by atoms with Crippen molar-refractivity contribution in [3.8, 4) is 0 Å². The third-order valence-electron chi connectivity index (χ3n) is 6.91. The molecule has 1 aromatic carbocycles. The number of aliphatic imine (C=N–C) groups is 2. The van der Waals surface area contributed by atoms with Crippen LogP contribution in [0.15, 0.2) is 34.3 Å². The fourth-order valence-electron chi connectivity index (χ4n) is 4.86. The highest BCUT2D eigenvalue weighted by atomic mass is 32.1. The number of nitrogens with zero attached hydrogens (tertiary/aromatic N) is 2. The maximum atomic E-state index is 4.72. The zero-order valence-corrected chi connectivity index (χ0v) is 25.4. The largest absolute Gasteiger partial charge is 0.292 e. The molecule has 0 bridgehead atoms. The van der Waals surface area contributed by atoms with Gasteiger partial charge in [0, 0.05) is 64.8 Å². The van der Waals surface area contributed by atoms with Gasteiger partial charge in [0.1, 0.15) is 0 Å². The molecule has 2 nitrogen and oxygen atoms in total. The molecule has 5 aromatic rings. The standard InChI is InChI=1S/C31H38N2S4/c1-3-5-7-9-11-13-15-33-21-23-17-29-31(35-23)25-19-26-24(18-27(25)37-29)30-28(36-26)16-22(34-30)20-32-14-12-10-8-6-4-2/h16-21H,3-15H2,1-2H3. The molecule has 4 aromatic heterocycles. The molecule has 0 aliphatic carbocycles. The molecule has 0 aliphatic heterocycles. The highest BCUT2D eigenvalue weighted by molar-refractivity contribution is 7.35. The van der Waals surface area contributed by atoms with Crippen LogP contribution in [0.2, 0.25) is 0 Å². The molecular formula is C31H38N2S4. The lowest BCUT2D eigenvalue weighted by molar-refractivity contribution is 0.612. The van der Waals surface area contributed by atoms with Crippen molar-refractivity contribution in [3.63, 3.8) is 0 Å². The van der Waals surface area contributed by atoms with Crippen molar-refractivity contribution in [2.24, 2.45) is 9.98 Å². The zero-order chi connectivity index (χ0) is 25.5. The number of fused-ring (bicyclic) bond motifs is 6. The lowest BCUT2D eigenvalue weighted by atomic mass is 10.1. The van der Waals surface area contributed by atoms with E-state index in [-0.39, 0.29) is 0 Å². The molecule has 37 heavy (non-hydrogen) atoms. The van der Waals surface area contributed by atoms with Crippen molar-refractivity contribution in [3.05, 3.63) is 34.0 Å². The minimum atomic E-state index is 0.953. The summed E-state index contributed by atoms with van der Waals surface area (Å²) in [5.74, 6) is 0. The van der Waals surface area contributed by atoms with Gasteiger partial charge < -0.3 is 0 Å². The Kier molecular flexibility index (Phi) is 9.82. The van der Waals surface area contributed by atoms with Gasteiger partial charge >= 0.3 is 0 Å². The summed E-state index contributed by atoms with van der Waals surface area (Å²) >= 11 is 7.65. The first kappa shape index (κ1) is 27.0. The van der Waals surface area contributed by atoms with E-state index >= 15 is 0 Å². The van der Waals surface area contributed by atoms with Crippen LogP contribution in [0.1, 0.15) is 94.2 Å². The molecule has 0 fully saturated rings. The minimum absolute atomic E-state index is 0.953. The molecule has 0 saturated heterocycles. The average Bonchev–Trinajstić information content (AvgIpc) is 3.63. The van der Waals surface area contributed by atoms with Crippen molar-refractivity contribution in [1.29, 1.82) is 0 Å². The number of rotatable bonds is 15. The van der Waals surface area contributed by atoms with Gasteiger partial charge in [0.15, 0.2) is 0 Å². The molecule has 0 amide bonds. The van der Waals surface area contributed by atoms with E-state index in [0.717, 1.165) is 13.1 Å². The SMILES string of the molecule is CCCCCCCCN=Cc1cc2sc3cc4c(cc3c2s1)sc1cc(C=NCCCCCCC)sc14. The maximum absolute atomic E-state index is 4.72. The zero-order valence-electron chi connectivity index (χ0n) is 22.2. The summed E-state index contributed by atoms with van der Waals surface area (Å²) in [5.41, 5.74) is 0. The van der Waals surface area contributed by atoms with Gasteiger partial charge in [-0.05, 0) is 37.1 Å². The van der Waals surface area contributed by atoms with Crippen LogP contribution in [-0.2, 0) is 0 Å². The summed E-state index contributed by atoms with van der Waals surface area (Å²) < 4.78 is 8.44. The second-order valence-electron chi connectivity index (χ2n) is 9.99. The van der Waals surface area contributed by atoms with Crippen molar-refractivity contribution in [2.45, 2.75) is 84.5 Å². The average molecular weight is 567 g/mol. The summed E-state index contributed by atoms with van der Waals surface area (Å²) in [6.07, 6.45) is 18.6. The molecule has 0 aliphatic rings. The molecule has 0 atom stereocenters. The number of unbranched alkanes of at least 4 members (excludes halogenated alkanes) is 9. The van der Waals surface area contributed by atoms with Crippen molar-refractivity contribution in [2.75, 3.05) is 13.1 Å². The Hall–Kier alpha value is -1.60. The van der Waals surface area contributed by atoms with Crippen molar-refractivity contribution < 1.29 is 0 Å². The van der Waals surface area contributed by atoms with Gasteiger partial charge in [0.2, 0.25) is 0 Å². The van der Waals surface area contributed by atoms with E-state index in [1.165, 1.54) is 119 Å². The first-order valence-corrected chi connectivity index (χ1v) is 17.3. The fourth-order valence-corrected chi connectivity index (χ4v) is 9.74. The van der Waals surface area contributed by atoms with E-state index < -0.39 is 0 Å². The van der Waals surface area contributed by atoms with E-state index in [2.05, 4.69) is 50.5 Å². The van der Waals surface area contributed by atoms with Crippen molar-refractivity contribution >= 4 is 96.7 Å². The predicted molar refractivity (Wildman–Crippen MR) is 175 cm³/mol. The number of thiophene rings is 4. The quantitative estimate of drug-likeness (QED) is 0.0889. The summed E-state index contributed by atoms with van der Waals surface area (Å²) in [6.45, 7) is 6.44. The van der Waals surface area contributed by atoms with Gasteiger partial charge in [0.05, 0.1) is 9.40 Å². The van der Waals surface area contributed by atoms with Gasteiger partial charge in [-0.2, -0.15) is 0 Å². The normalized spacial score (nSPS) is 12.7. The molecule has 196 valence electrons. The van der Waals surface area contributed by atoms with E-state index in [9.17, 15) is 0 Å². The van der Waals surface area contributed by atoms with Crippen LogP contribution in [0.25, 0.3) is 39.0 Å². The van der Waals surface area contributed by atoms with Crippen LogP contribution in [0, 0.1) is 0 Å². The van der Waals surface area contributed by atoms with Crippen LogP contribution in [-0.4, -0.2) is 25.5 Å². The smallest absolute Gasteiger partial charge is 0.0536 e. The lowest BCUT2D eigenvalue weighted by Crippen LogP contribution is -1.84. The minimum Gasteiger partial charge on any atom is -0.292 e. The number of hydrogen-bond acceptors (Lipinski definition) is 6. The highest BCUT2D eigenvalue weighted by Gasteiger charge is 2.14. The molecule has 0 saturated carbocycles. The van der Waals surface area contributed by atoms with E-state index in [4.69, 9.17) is 9.98 Å². The topological polar surface area (TPSA) is 24.7 Å². The van der Waals surface area contributed by atoms with Crippen LogP contribution in [0.5, 0.6) is 0 Å². The van der Waals surface area contributed by atoms with Gasteiger partial charge in [-0.15, -0.1) is 45.3 Å². The fraction of sp³-hybridized carbons (Fsp3) is 0.484. The predicted octanol–water partition coefficient (Wildman–Crippen LogP) is 11.7. The Labute approximate surface area is 237 Å².